The standard InChI is InChI=1S/C29H36N2O6/c1-28(2,3)24-25(32)31-18-29(36-5,17-23(31)26(33)35-4)21-15-19(22-13-9-8-12-20(22)16-21)11-7-6-10-14-37-27(34)30-24/h7-9,11-13,15-16,23-24H,6,10,14,17-18H2,1-5H3,(H,30,34)/t23-,24+,29-/m0/s1. The number of nitrogens with one attached hydrogen (secondary N) is 1. The van der Waals surface area contributed by atoms with Crippen molar-refractivity contribution in [2.45, 2.75) is 57.7 Å². The number of hydrogen-bond acceptors (Lipinski definition) is 6. The minimum absolute atomic E-state index is 0.132. The molecule has 1 saturated heterocycles. The molecule has 0 aromatic heterocycles. The first-order valence-corrected chi connectivity index (χ1v) is 12.7. The topological polar surface area (TPSA) is 94.2 Å². The fourth-order valence-corrected chi connectivity index (χ4v) is 5.22. The molecule has 2 amide bonds. The monoisotopic (exact) mass is 508 g/mol. The van der Waals surface area contributed by atoms with Gasteiger partial charge in [0.15, 0.2) is 0 Å². The van der Waals surface area contributed by atoms with Gasteiger partial charge in [-0.2, -0.15) is 0 Å². The van der Waals surface area contributed by atoms with Gasteiger partial charge in [-0.15, -0.1) is 0 Å². The number of carbonyl (C=O) groups is 3. The van der Waals surface area contributed by atoms with Gasteiger partial charge in [0, 0.05) is 13.5 Å². The summed E-state index contributed by atoms with van der Waals surface area (Å²) in [6.45, 7) is 5.94. The fraction of sp³-hybridized carbons (Fsp3) is 0.483. The summed E-state index contributed by atoms with van der Waals surface area (Å²) in [5.41, 5.74) is 0.312. The largest absolute Gasteiger partial charge is 0.467 e. The highest BCUT2D eigenvalue weighted by Crippen LogP contribution is 2.42. The average molecular weight is 509 g/mol. The van der Waals surface area contributed by atoms with Crippen LogP contribution in [0.3, 0.4) is 0 Å². The van der Waals surface area contributed by atoms with Crippen molar-refractivity contribution >= 4 is 34.8 Å². The van der Waals surface area contributed by atoms with Gasteiger partial charge in [-0.05, 0) is 52.3 Å². The number of methoxy groups -OCH3 is 2. The summed E-state index contributed by atoms with van der Waals surface area (Å²) in [5.74, 6) is -0.909. The summed E-state index contributed by atoms with van der Waals surface area (Å²) in [6, 6.07) is 10.5. The van der Waals surface area contributed by atoms with Gasteiger partial charge < -0.3 is 24.4 Å². The molecule has 2 aromatic rings. The zero-order chi connectivity index (χ0) is 26.8. The van der Waals surface area contributed by atoms with E-state index in [4.69, 9.17) is 14.2 Å². The van der Waals surface area contributed by atoms with E-state index in [-0.39, 0.29) is 25.5 Å². The molecule has 8 nitrogen and oxygen atoms in total. The lowest BCUT2D eigenvalue weighted by Gasteiger charge is -2.35. The second-order valence-corrected chi connectivity index (χ2v) is 10.8. The fourth-order valence-electron chi connectivity index (χ4n) is 5.22. The summed E-state index contributed by atoms with van der Waals surface area (Å²) in [7, 11) is 2.91. The third-order valence-electron chi connectivity index (χ3n) is 7.31. The quantitative estimate of drug-likeness (QED) is 0.605. The molecule has 4 bridgehead atoms. The molecule has 0 aliphatic carbocycles. The van der Waals surface area contributed by atoms with Crippen LogP contribution in [0.15, 0.2) is 42.5 Å². The van der Waals surface area contributed by atoms with Crippen LogP contribution in [0, 0.1) is 5.41 Å². The second-order valence-electron chi connectivity index (χ2n) is 10.8. The average Bonchev–Trinajstić information content (AvgIpc) is 3.28. The lowest BCUT2D eigenvalue weighted by atomic mass is 9.85. The Labute approximate surface area is 217 Å². The molecule has 0 unspecified atom stereocenters. The van der Waals surface area contributed by atoms with Crippen LogP contribution >= 0.6 is 0 Å². The maximum absolute atomic E-state index is 14.0. The third kappa shape index (κ3) is 5.34. The molecule has 2 heterocycles. The van der Waals surface area contributed by atoms with Gasteiger partial charge in [-0.25, -0.2) is 9.59 Å². The zero-order valence-corrected chi connectivity index (χ0v) is 22.2. The summed E-state index contributed by atoms with van der Waals surface area (Å²) < 4.78 is 16.6. The van der Waals surface area contributed by atoms with Crippen molar-refractivity contribution < 1.29 is 28.6 Å². The Hall–Kier alpha value is -3.39. The summed E-state index contributed by atoms with van der Waals surface area (Å²) in [4.78, 5) is 41.1. The molecule has 0 spiro atoms. The van der Waals surface area contributed by atoms with Crippen LogP contribution in [0.5, 0.6) is 0 Å². The van der Waals surface area contributed by atoms with Gasteiger partial charge >= 0.3 is 12.1 Å². The Balaban J connectivity index is 1.88. The molecule has 1 N–H and O–H groups in total. The van der Waals surface area contributed by atoms with Crippen molar-refractivity contribution in [3.63, 3.8) is 0 Å². The molecular formula is C29H36N2O6. The van der Waals surface area contributed by atoms with Crippen molar-refractivity contribution in [2.24, 2.45) is 5.41 Å². The number of ether oxygens (including phenoxy) is 3. The molecule has 4 rings (SSSR count). The van der Waals surface area contributed by atoms with Crippen LogP contribution in [0.2, 0.25) is 0 Å². The number of esters is 1. The molecule has 2 aromatic carbocycles. The first kappa shape index (κ1) is 26.7. The zero-order valence-electron chi connectivity index (χ0n) is 22.2. The number of benzene rings is 2. The lowest BCUT2D eigenvalue weighted by Crippen LogP contribution is -2.57. The van der Waals surface area contributed by atoms with Gasteiger partial charge in [0.25, 0.3) is 0 Å². The third-order valence-corrected chi connectivity index (χ3v) is 7.31. The van der Waals surface area contributed by atoms with E-state index in [1.807, 2.05) is 39.0 Å². The Morgan fingerprint density at radius 2 is 1.92 bits per heavy atom. The summed E-state index contributed by atoms with van der Waals surface area (Å²) in [5, 5.41) is 4.88. The van der Waals surface area contributed by atoms with Crippen LogP contribution in [-0.4, -0.2) is 62.3 Å². The Morgan fingerprint density at radius 3 is 2.62 bits per heavy atom. The van der Waals surface area contributed by atoms with E-state index in [2.05, 4.69) is 35.7 Å². The van der Waals surface area contributed by atoms with Crippen molar-refractivity contribution in [1.29, 1.82) is 0 Å². The van der Waals surface area contributed by atoms with E-state index in [0.717, 1.165) is 28.3 Å². The number of amides is 2. The predicted molar refractivity (Wildman–Crippen MR) is 141 cm³/mol. The highest BCUT2D eigenvalue weighted by Gasteiger charge is 2.53. The van der Waals surface area contributed by atoms with Crippen LogP contribution in [0.1, 0.15) is 51.2 Å². The summed E-state index contributed by atoms with van der Waals surface area (Å²) >= 11 is 0. The molecule has 0 saturated carbocycles. The van der Waals surface area contributed by atoms with E-state index in [1.165, 1.54) is 12.0 Å². The van der Waals surface area contributed by atoms with Crippen LogP contribution in [0.25, 0.3) is 16.8 Å². The highest BCUT2D eigenvalue weighted by molar-refractivity contribution is 5.93. The van der Waals surface area contributed by atoms with Gasteiger partial charge in [-0.3, -0.25) is 4.79 Å². The minimum atomic E-state index is -0.943. The Morgan fingerprint density at radius 1 is 1.16 bits per heavy atom. The Bertz CT molecular complexity index is 1220. The maximum Gasteiger partial charge on any atom is 0.407 e. The van der Waals surface area contributed by atoms with Crippen molar-refractivity contribution in [3.8, 4) is 0 Å². The van der Waals surface area contributed by atoms with Gasteiger partial charge in [0.1, 0.15) is 17.7 Å². The molecule has 2 aliphatic rings. The minimum Gasteiger partial charge on any atom is -0.467 e. The SMILES string of the molecule is COC(=O)[C@@H]1C[C@]2(OC)CN1C(=O)[C@H](C(C)(C)C)NC(=O)OCCCC=Cc1cc2cc2ccccc12. The maximum atomic E-state index is 14.0. The molecule has 0 radical (unpaired) electrons. The number of carbonyl (C=O) groups excluding carboxylic acids is 3. The molecule has 37 heavy (non-hydrogen) atoms. The molecular weight excluding hydrogens is 472 g/mol. The number of rotatable bonds is 2. The molecule has 3 atom stereocenters. The predicted octanol–water partition coefficient (Wildman–Crippen LogP) is 4.40. The van der Waals surface area contributed by atoms with Gasteiger partial charge in [0.2, 0.25) is 5.91 Å². The number of allylic oxidation sites excluding steroid dienone is 1. The number of fused-ring (bicyclic) bond motifs is 7. The molecule has 198 valence electrons. The highest BCUT2D eigenvalue weighted by atomic mass is 16.5. The van der Waals surface area contributed by atoms with Gasteiger partial charge in [-0.1, -0.05) is 57.2 Å². The number of hydrogen-bond donors (Lipinski definition) is 1. The second kappa shape index (κ2) is 10.5. The van der Waals surface area contributed by atoms with Crippen molar-refractivity contribution in [2.75, 3.05) is 27.4 Å². The van der Waals surface area contributed by atoms with Gasteiger partial charge in [0.05, 0.1) is 20.3 Å². The van der Waals surface area contributed by atoms with E-state index in [1.54, 1.807) is 7.11 Å². The smallest absolute Gasteiger partial charge is 0.407 e. The van der Waals surface area contributed by atoms with E-state index in [9.17, 15) is 14.4 Å². The summed E-state index contributed by atoms with van der Waals surface area (Å²) in [6.07, 6.45) is 5.07. The van der Waals surface area contributed by atoms with Crippen molar-refractivity contribution in [3.05, 3.63) is 53.6 Å². The lowest BCUT2D eigenvalue weighted by molar-refractivity contribution is -0.152. The number of nitrogens with zero attached hydrogens (tertiary/aromatic N) is 1. The van der Waals surface area contributed by atoms with Crippen LogP contribution in [0.4, 0.5) is 4.79 Å². The Kier molecular flexibility index (Phi) is 7.59. The van der Waals surface area contributed by atoms with E-state index >= 15 is 0 Å². The molecule has 2 aliphatic heterocycles. The van der Waals surface area contributed by atoms with Crippen LogP contribution in [-0.2, 0) is 29.4 Å². The van der Waals surface area contributed by atoms with E-state index in [0.29, 0.717) is 6.42 Å². The first-order chi connectivity index (χ1) is 17.6. The van der Waals surface area contributed by atoms with Crippen LogP contribution < -0.4 is 5.32 Å². The van der Waals surface area contributed by atoms with E-state index < -0.39 is 35.2 Å². The van der Waals surface area contributed by atoms with Crippen molar-refractivity contribution in [1.82, 2.24) is 10.2 Å². The number of cyclic esters (lactones) is 1. The molecule has 8 heteroatoms. The normalized spacial score (nSPS) is 25.1. The molecule has 1 fully saturated rings. The first-order valence-electron chi connectivity index (χ1n) is 12.7. The number of alkyl carbamates (subject to hydrolysis) is 1.